The van der Waals surface area contributed by atoms with Crippen molar-refractivity contribution < 1.29 is 23.8 Å². The summed E-state index contributed by atoms with van der Waals surface area (Å²) in [6.07, 6.45) is 1.43. The van der Waals surface area contributed by atoms with Crippen LogP contribution in [0.1, 0.15) is 21.5 Å². The number of aryl methyl sites for hydroxylation is 1. The largest absolute Gasteiger partial charge is 0.493 e. The van der Waals surface area contributed by atoms with Gasteiger partial charge in [0, 0.05) is 13.7 Å². The van der Waals surface area contributed by atoms with Gasteiger partial charge in [-0.05, 0) is 42.8 Å². The SMILES string of the molecule is COCCNC(=O)/C(C#N)=C/c1ccc(OC(=O)c2ccc(C)cc2)c(OC)c1. The molecule has 0 aliphatic carbocycles. The topological polar surface area (TPSA) is 97.6 Å². The maximum Gasteiger partial charge on any atom is 0.343 e. The Labute approximate surface area is 169 Å². The fourth-order valence-electron chi connectivity index (χ4n) is 2.38. The van der Waals surface area contributed by atoms with E-state index >= 15 is 0 Å². The minimum Gasteiger partial charge on any atom is -0.493 e. The Morgan fingerprint density at radius 3 is 2.45 bits per heavy atom. The number of carbonyl (C=O) groups excluding carboxylic acids is 2. The normalized spacial score (nSPS) is 10.8. The Morgan fingerprint density at radius 1 is 1.10 bits per heavy atom. The summed E-state index contributed by atoms with van der Waals surface area (Å²) in [5.41, 5.74) is 1.94. The summed E-state index contributed by atoms with van der Waals surface area (Å²) in [7, 11) is 2.96. The fraction of sp³-hybridized carbons (Fsp3) is 0.227. The van der Waals surface area contributed by atoms with Crippen LogP contribution in [0.2, 0.25) is 0 Å². The summed E-state index contributed by atoms with van der Waals surface area (Å²) in [4.78, 5) is 24.4. The van der Waals surface area contributed by atoms with Gasteiger partial charge in [-0.1, -0.05) is 23.8 Å². The molecule has 0 aliphatic heterocycles. The molecule has 2 aromatic carbocycles. The standard InChI is InChI=1S/C22H22N2O5/c1-15-4-7-17(8-5-15)22(26)29-19-9-6-16(13-20(19)28-3)12-18(14-23)21(25)24-10-11-27-2/h4-9,12-13H,10-11H2,1-3H3,(H,24,25)/b18-12+. The minimum absolute atomic E-state index is 0.0624. The molecule has 0 fully saturated rings. The molecule has 0 unspecified atom stereocenters. The molecule has 2 aromatic rings. The van der Waals surface area contributed by atoms with Crippen LogP contribution in [-0.2, 0) is 9.53 Å². The number of methoxy groups -OCH3 is 2. The van der Waals surface area contributed by atoms with Crippen LogP contribution in [-0.4, -0.2) is 39.2 Å². The molecule has 0 aromatic heterocycles. The van der Waals surface area contributed by atoms with E-state index in [-0.39, 0.29) is 11.3 Å². The molecule has 0 aliphatic rings. The highest BCUT2D eigenvalue weighted by atomic mass is 16.6. The predicted octanol–water partition coefficient (Wildman–Crippen LogP) is 2.89. The second-order valence-electron chi connectivity index (χ2n) is 6.08. The third-order valence-electron chi connectivity index (χ3n) is 3.95. The highest BCUT2D eigenvalue weighted by Crippen LogP contribution is 2.29. The molecule has 7 heteroatoms. The lowest BCUT2D eigenvalue weighted by atomic mass is 10.1. The number of nitriles is 1. The van der Waals surface area contributed by atoms with E-state index in [9.17, 15) is 14.9 Å². The predicted molar refractivity (Wildman–Crippen MR) is 108 cm³/mol. The minimum atomic E-state index is -0.512. The number of hydrogen-bond acceptors (Lipinski definition) is 6. The number of nitrogens with one attached hydrogen (secondary N) is 1. The third kappa shape index (κ3) is 6.19. The van der Waals surface area contributed by atoms with Crippen molar-refractivity contribution in [2.75, 3.05) is 27.4 Å². The van der Waals surface area contributed by atoms with Gasteiger partial charge in [-0.3, -0.25) is 4.79 Å². The molecule has 1 amide bonds. The lowest BCUT2D eigenvalue weighted by Gasteiger charge is -2.10. The van der Waals surface area contributed by atoms with Gasteiger partial charge < -0.3 is 19.5 Å². The van der Waals surface area contributed by atoms with E-state index in [2.05, 4.69) is 5.32 Å². The summed E-state index contributed by atoms with van der Waals surface area (Å²) >= 11 is 0. The lowest BCUT2D eigenvalue weighted by molar-refractivity contribution is -0.117. The molecular weight excluding hydrogens is 372 g/mol. The van der Waals surface area contributed by atoms with Crippen LogP contribution < -0.4 is 14.8 Å². The van der Waals surface area contributed by atoms with Crippen molar-refractivity contribution in [3.63, 3.8) is 0 Å². The van der Waals surface area contributed by atoms with Crippen molar-refractivity contribution in [3.05, 3.63) is 64.7 Å². The van der Waals surface area contributed by atoms with Crippen LogP contribution in [0.3, 0.4) is 0 Å². The summed E-state index contributed by atoms with van der Waals surface area (Å²) in [6, 6.07) is 13.6. The van der Waals surface area contributed by atoms with E-state index in [0.29, 0.717) is 30.0 Å². The van der Waals surface area contributed by atoms with Gasteiger partial charge in [-0.2, -0.15) is 5.26 Å². The lowest BCUT2D eigenvalue weighted by Crippen LogP contribution is -2.27. The zero-order valence-electron chi connectivity index (χ0n) is 16.5. The first-order valence-electron chi connectivity index (χ1n) is 8.84. The number of carbonyl (C=O) groups is 2. The number of benzene rings is 2. The van der Waals surface area contributed by atoms with Crippen molar-refractivity contribution >= 4 is 18.0 Å². The zero-order valence-corrected chi connectivity index (χ0v) is 16.5. The van der Waals surface area contributed by atoms with Gasteiger partial charge >= 0.3 is 5.97 Å². The third-order valence-corrected chi connectivity index (χ3v) is 3.95. The quantitative estimate of drug-likeness (QED) is 0.243. The first-order valence-corrected chi connectivity index (χ1v) is 8.84. The number of esters is 1. The highest BCUT2D eigenvalue weighted by molar-refractivity contribution is 6.01. The Hall–Kier alpha value is -3.63. The van der Waals surface area contributed by atoms with E-state index in [1.807, 2.05) is 25.1 Å². The smallest absolute Gasteiger partial charge is 0.343 e. The van der Waals surface area contributed by atoms with Gasteiger partial charge in [0.2, 0.25) is 0 Å². The molecule has 0 saturated heterocycles. The molecular formula is C22H22N2O5. The van der Waals surface area contributed by atoms with Gasteiger partial charge in [0.25, 0.3) is 5.91 Å². The maximum atomic E-state index is 12.3. The van der Waals surface area contributed by atoms with Crippen LogP contribution in [0.15, 0.2) is 48.0 Å². The highest BCUT2D eigenvalue weighted by Gasteiger charge is 2.14. The van der Waals surface area contributed by atoms with Crippen LogP contribution in [0, 0.1) is 18.3 Å². The molecule has 1 N–H and O–H groups in total. The first-order chi connectivity index (χ1) is 14.0. The average molecular weight is 394 g/mol. The van der Waals surface area contributed by atoms with Gasteiger partial charge in [-0.15, -0.1) is 0 Å². The summed E-state index contributed by atoms with van der Waals surface area (Å²) in [6.45, 7) is 2.57. The second kappa shape index (κ2) is 10.6. The number of ether oxygens (including phenoxy) is 3. The summed E-state index contributed by atoms with van der Waals surface area (Å²) in [5, 5.41) is 11.8. The fourth-order valence-corrected chi connectivity index (χ4v) is 2.38. The molecule has 0 bridgehead atoms. The number of amides is 1. The van der Waals surface area contributed by atoms with Crippen molar-refractivity contribution in [3.8, 4) is 17.6 Å². The van der Waals surface area contributed by atoms with Crippen LogP contribution in [0.5, 0.6) is 11.5 Å². The van der Waals surface area contributed by atoms with Crippen LogP contribution >= 0.6 is 0 Å². The van der Waals surface area contributed by atoms with E-state index in [4.69, 9.17) is 14.2 Å². The Kier molecular flexibility index (Phi) is 7.95. The number of hydrogen-bond donors (Lipinski definition) is 1. The van der Waals surface area contributed by atoms with Crippen molar-refractivity contribution in [1.29, 1.82) is 5.26 Å². The maximum absolute atomic E-state index is 12.3. The summed E-state index contributed by atoms with van der Waals surface area (Å²) < 4.78 is 15.6. The molecule has 0 radical (unpaired) electrons. The second-order valence-corrected chi connectivity index (χ2v) is 6.08. The van der Waals surface area contributed by atoms with E-state index in [1.165, 1.54) is 20.3 Å². The van der Waals surface area contributed by atoms with Crippen LogP contribution in [0.4, 0.5) is 0 Å². The molecule has 29 heavy (non-hydrogen) atoms. The van der Waals surface area contributed by atoms with Crippen molar-refractivity contribution in [2.45, 2.75) is 6.92 Å². The van der Waals surface area contributed by atoms with Gasteiger partial charge in [0.05, 0.1) is 19.3 Å². The number of rotatable bonds is 8. The average Bonchev–Trinajstić information content (AvgIpc) is 2.73. The molecule has 0 heterocycles. The van der Waals surface area contributed by atoms with Gasteiger partial charge in [0.1, 0.15) is 11.6 Å². The number of nitrogens with zero attached hydrogens (tertiary/aromatic N) is 1. The van der Waals surface area contributed by atoms with Crippen molar-refractivity contribution in [1.82, 2.24) is 5.32 Å². The van der Waals surface area contributed by atoms with Crippen LogP contribution in [0.25, 0.3) is 6.08 Å². The molecule has 0 spiro atoms. The molecule has 7 nitrogen and oxygen atoms in total. The monoisotopic (exact) mass is 394 g/mol. The van der Waals surface area contributed by atoms with E-state index < -0.39 is 11.9 Å². The Balaban J connectivity index is 2.18. The first kappa shape index (κ1) is 21.7. The summed E-state index contributed by atoms with van der Waals surface area (Å²) in [5.74, 6) is -0.477. The molecule has 150 valence electrons. The Bertz CT molecular complexity index is 943. The Morgan fingerprint density at radius 2 is 1.83 bits per heavy atom. The molecule has 2 rings (SSSR count). The van der Waals surface area contributed by atoms with E-state index in [0.717, 1.165) is 5.56 Å². The van der Waals surface area contributed by atoms with Gasteiger partial charge in [0.15, 0.2) is 11.5 Å². The van der Waals surface area contributed by atoms with E-state index in [1.54, 1.807) is 30.3 Å². The zero-order chi connectivity index (χ0) is 21.2. The molecule has 0 saturated carbocycles. The molecule has 0 atom stereocenters. The van der Waals surface area contributed by atoms with Crippen molar-refractivity contribution in [2.24, 2.45) is 0 Å². The van der Waals surface area contributed by atoms with Gasteiger partial charge in [-0.25, -0.2) is 4.79 Å².